The lowest BCUT2D eigenvalue weighted by Crippen LogP contribution is -2.37. The molecule has 144 valence electrons. The molecule has 28 heavy (non-hydrogen) atoms. The van der Waals surface area contributed by atoms with E-state index in [-0.39, 0.29) is 18.1 Å². The Balaban J connectivity index is 1.75. The molecular weight excluding hydrogens is 350 g/mol. The Kier molecular flexibility index (Phi) is 6.63. The van der Waals surface area contributed by atoms with Gasteiger partial charge in [0.25, 0.3) is 5.56 Å². The van der Waals surface area contributed by atoms with Gasteiger partial charge in [-0.15, -0.1) is 0 Å². The summed E-state index contributed by atoms with van der Waals surface area (Å²) in [6, 6.07) is 22.3. The van der Waals surface area contributed by atoms with Crippen molar-refractivity contribution in [3.8, 4) is 0 Å². The van der Waals surface area contributed by atoms with E-state index >= 15 is 0 Å². The lowest BCUT2D eigenvalue weighted by Gasteiger charge is -2.23. The average Bonchev–Trinajstić information content (AvgIpc) is 2.73. The van der Waals surface area contributed by atoms with Crippen molar-refractivity contribution in [3.63, 3.8) is 0 Å². The second-order valence-electron chi connectivity index (χ2n) is 6.61. The number of benzene rings is 2. The summed E-state index contributed by atoms with van der Waals surface area (Å²) < 4.78 is 0. The quantitative estimate of drug-likeness (QED) is 0.625. The van der Waals surface area contributed by atoms with Gasteiger partial charge in [-0.3, -0.25) is 9.69 Å². The van der Waals surface area contributed by atoms with Crippen molar-refractivity contribution in [1.29, 1.82) is 0 Å². The summed E-state index contributed by atoms with van der Waals surface area (Å²) in [5, 5.41) is 2.87. The van der Waals surface area contributed by atoms with Gasteiger partial charge in [0.1, 0.15) is 0 Å². The van der Waals surface area contributed by atoms with Gasteiger partial charge in [0.05, 0.1) is 11.4 Å². The first-order valence-corrected chi connectivity index (χ1v) is 9.58. The Morgan fingerprint density at radius 1 is 0.929 bits per heavy atom. The van der Waals surface area contributed by atoms with Crippen LogP contribution >= 0.6 is 0 Å². The molecule has 0 fully saturated rings. The van der Waals surface area contributed by atoms with Gasteiger partial charge in [0, 0.05) is 17.8 Å². The highest BCUT2D eigenvalue weighted by molar-refractivity contribution is 5.99. The molecule has 2 aromatic carbocycles. The summed E-state index contributed by atoms with van der Waals surface area (Å²) in [7, 11) is 0. The van der Waals surface area contributed by atoms with Gasteiger partial charge in [0.2, 0.25) is 0 Å². The first-order valence-electron chi connectivity index (χ1n) is 9.58. The lowest BCUT2D eigenvalue weighted by atomic mass is 10.1. The van der Waals surface area contributed by atoms with Crippen LogP contribution in [0.3, 0.4) is 0 Å². The van der Waals surface area contributed by atoms with E-state index in [2.05, 4.69) is 17.2 Å². The van der Waals surface area contributed by atoms with Crippen LogP contribution in [0.2, 0.25) is 0 Å². The number of para-hydroxylation sites is 2. The van der Waals surface area contributed by atoms with E-state index in [0.29, 0.717) is 5.56 Å². The van der Waals surface area contributed by atoms with Gasteiger partial charge in [0.15, 0.2) is 0 Å². The number of aryl methyl sites for hydroxylation is 1. The summed E-state index contributed by atoms with van der Waals surface area (Å²) >= 11 is 0. The number of amides is 2. The normalized spacial score (nSPS) is 10.5. The predicted molar refractivity (Wildman–Crippen MR) is 113 cm³/mol. The first-order chi connectivity index (χ1) is 13.7. The van der Waals surface area contributed by atoms with Crippen molar-refractivity contribution in [2.24, 2.45) is 0 Å². The number of nitrogens with zero attached hydrogens (tertiary/aromatic N) is 1. The number of hydrogen-bond acceptors (Lipinski definition) is 2. The van der Waals surface area contributed by atoms with Gasteiger partial charge < -0.3 is 10.3 Å². The molecular formula is C23H25N3O2. The number of rotatable bonds is 7. The number of nitrogens with one attached hydrogen (secondary N) is 2. The van der Waals surface area contributed by atoms with Crippen molar-refractivity contribution in [2.75, 3.05) is 4.90 Å². The van der Waals surface area contributed by atoms with Gasteiger partial charge in [-0.05, 0) is 43.2 Å². The molecule has 0 unspecified atom stereocenters. The number of aromatic nitrogens is 1. The summed E-state index contributed by atoms with van der Waals surface area (Å²) in [5.74, 6) is 0. The average molecular weight is 375 g/mol. The standard InChI is InChI=1S/C23H25N3O2/c1-2-3-10-19-16-15-18(22(27)25-19)17-24-23(28)26(20-11-6-4-7-12-20)21-13-8-5-9-14-21/h4-9,11-16H,2-3,10,17H2,1H3,(H,24,28)(H,25,27). The van der Waals surface area contributed by atoms with Crippen LogP contribution < -0.4 is 15.8 Å². The molecule has 1 heterocycles. The maximum absolute atomic E-state index is 12.9. The van der Waals surface area contributed by atoms with Crippen LogP contribution in [0.5, 0.6) is 0 Å². The third-order valence-electron chi connectivity index (χ3n) is 4.51. The molecule has 2 N–H and O–H groups in total. The lowest BCUT2D eigenvalue weighted by molar-refractivity contribution is 0.248. The number of pyridine rings is 1. The molecule has 5 nitrogen and oxygen atoms in total. The molecule has 0 aliphatic heterocycles. The Hall–Kier alpha value is -3.34. The molecule has 0 bridgehead atoms. The molecule has 0 aliphatic carbocycles. The molecule has 3 aromatic rings. The fourth-order valence-corrected chi connectivity index (χ4v) is 2.98. The number of H-pyrrole nitrogens is 1. The minimum atomic E-state index is -0.285. The summed E-state index contributed by atoms with van der Waals surface area (Å²) in [6.07, 6.45) is 2.97. The summed E-state index contributed by atoms with van der Waals surface area (Å²) in [5.41, 5.74) is 2.83. The van der Waals surface area contributed by atoms with Crippen molar-refractivity contribution >= 4 is 17.4 Å². The Bertz CT molecular complexity index is 913. The second kappa shape index (κ2) is 9.55. The smallest absolute Gasteiger partial charge is 0.326 e. The Labute approximate surface area is 165 Å². The highest BCUT2D eigenvalue weighted by atomic mass is 16.2. The molecule has 1 aromatic heterocycles. The Morgan fingerprint density at radius 2 is 1.54 bits per heavy atom. The van der Waals surface area contributed by atoms with Gasteiger partial charge in [-0.2, -0.15) is 0 Å². The van der Waals surface area contributed by atoms with Crippen LogP contribution in [0.1, 0.15) is 31.0 Å². The van der Waals surface area contributed by atoms with E-state index < -0.39 is 0 Å². The molecule has 0 saturated carbocycles. The minimum absolute atomic E-state index is 0.153. The Morgan fingerprint density at radius 3 is 2.07 bits per heavy atom. The van der Waals surface area contributed by atoms with E-state index in [1.165, 1.54) is 0 Å². The molecule has 3 rings (SSSR count). The highest BCUT2D eigenvalue weighted by Crippen LogP contribution is 2.24. The fraction of sp³-hybridized carbons (Fsp3) is 0.217. The van der Waals surface area contributed by atoms with Crippen molar-refractivity contribution in [3.05, 3.63) is 94.4 Å². The molecule has 0 spiro atoms. The molecule has 0 saturated heterocycles. The van der Waals surface area contributed by atoms with Gasteiger partial charge >= 0.3 is 6.03 Å². The number of aromatic amines is 1. The number of carbonyl (C=O) groups excluding carboxylic acids is 1. The van der Waals surface area contributed by atoms with Crippen LogP contribution in [-0.2, 0) is 13.0 Å². The van der Waals surface area contributed by atoms with E-state index in [0.717, 1.165) is 36.3 Å². The van der Waals surface area contributed by atoms with Crippen LogP contribution in [0, 0.1) is 0 Å². The first kappa shape index (κ1) is 19.4. The number of carbonyl (C=O) groups is 1. The van der Waals surface area contributed by atoms with E-state index in [1.54, 1.807) is 11.0 Å². The number of urea groups is 1. The van der Waals surface area contributed by atoms with Crippen molar-refractivity contribution < 1.29 is 4.79 Å². The molecule has 5 heteroatoms. The zero-order valence-electron chi connectivity index (χ0n) is 16.0. The van der Waals surface area contributed by atoms with Crippen LogP contribution in [0.4, 0.5) is 16.2 Å². The largest absolute Gasteiger partial charge is 0.333 e. The number of anilines is 2. The second-order valence-corrected chi connectivity index (χ2v) is 6.61. The third kappa shape index (κ3) is 4.88. The van der Waals surface area contributed by atoms with Crippen molar-refractivity contribution in [2.45, 2.75) is 32.7 Å². The predicted octanol–water partition coefficient (Wildman–Crippen LogP) is 4.77. The van der Waals surface area contributed by atoms with Crippen LogP contribution in [0.15, 0.2) is 77.6 Å². The van der Waals surface area contributed by atoms with Crippen LogP contribution in [-0.4, -0.2) is 11.0 Å². The monoisotopic (exact) mass is 375 g/mol. The maximum Gasteiger partial charge on any atom is 0.326 e. The third-order valence-corrected chi connectivity index (χ3v) is 4.51. The SMILES string of the molecule is CCCCc1ccc(CNC(=O)N(c2ccccc2)c2ccccc2)c(=O)[nH]1. The highest BCUT2D eigenvalue weighted by Gasteiger charge is 2.17. The number of hydrogen-bond donors (Lipinski definition) is 2. The van der Waals surface area contributed by atoms with Crippen LogP contribution in [0.25, 0.3) is 0 Å². The van der Waals surface area contributed by atoms with E-state index in [4.69, 9.17) is 0 Å². The summed E-state index contributed by atoms with van der Waals surface area (Å²) in [6.45, 7) is 2.28. The topological polar surface area (TPSA) is 65.2 Å². The molecule has 0 atom stereocenters. The number of unbranched alkanes of at least 4 members (excludes halogenated alkanes) is 1. The van der Waals surface area contributed by atoms with Gasteiger partial charge in [-0.25, -0.2) is 4.79 Å². The summed E-state index contributed by atoms with van der Waals surface area (Å²) in [4.78, 5) is 29.8. The minimum Gasteiger partial charge on any atom is -0.333 e. The molecule has 0 aliphatic rings. The van der Waals surface area contributed by atoms with E-state index in [9.17, 15) is 9.59 Å². The zero-order valence-corrected chi connectivity index (χ0v) is 16.0. The molecule has 2 amide bonds. The van der Waals surface area contributed by atoms with Crippen molar-refractivity contribution in [1.82, 2.24) is 10.3 Å². The van der Waals surface area contributed by atoms with Gasteiger partial charge in [-0.1, -0.05) is 55.8 Å². The zero-order chi connectivity index (χ0) is 19.8. The van der Waals surface area contributed by atoms with E-state index in [1.807, 2.05) is 66.7 Å². The molecule has 0 radical (unpaired) electrons. The fourth-order valence-electron chi connectivity index (χ4n) is 2.98. The maximum atomic E-state index is 12.9.